The normalized spacial score (nSPS) is 11.3. The first-order valence-electron chi connectivity index (χ1n) is 8.93. The van der Waals surface area contributed by atoms with E-state index in [1.165, 1.54) is 42.9 Å². The van der Waals surface area contributed by atoms with E-state index in [0.717, 1.165) is 22.1 Å². The van der Waals surface area contributed by atoms with Crippen molar-refractivity contribution in [1.82, 2.24) is 10.5 Å². The lowest BCUT2D eigenvalue weighted by Gasteiger charge is -2.20. The van der Waals surface area contributed by atoms with Crippen molar-refractivity contribution >= 4 is 38.3 Å². The number of sulfonamides is 1. The zero-order valence-electron chi connectivity index (χ0n) is 16.3. The maximum atomic E-state index is 13.1. The zero-order valence-corrected chi connectivity index (χ0v) is 17.1. The average molecular weight is 414 g/mol. The number of pyridine rings is 1. The van der Waals surface area contributed by atoms with Gasteiger partial charge in [0, 0.05) is 31.6 Å². The van der Waals surface area contributed by atoms with Crippen LogP contribution in [0.25, 0.3) is 10.9 Å². The Morgan fingerprint density at radius 1 is 1.07 bits per heavy atom. The highest BCUT2D eigenvalue weighted by Gasteiger charge is 2.22. The Kier molecular flexibility index (Phi) is 5.71. The summed E-state index contributed by atoms with van der Waals surface area (Å²) >= 11 is 0. The van der Waals surface area contributed by atoms with Crippen LogP contribution in [-0.2, 0) is 10.0 Å². The number of hydroxylamine groups is 1. The summed E-state index contributed by atoms with van der Waals surface area (Å²) < 4.78 is 27.2. The number of nitrogens with zero attached hydrogens (tertiary/aromatic N) is 3. The van der Waals surface area contributed by atoms with E-state index < -0.39 is 15.9 Å². The Bertz CT molecular complexity index is 1150. The van der Waals surface area contributed by atoms with Crippen molar-refractivity contribution in [1.29, 1.82) is 0 Å². The Morgan fingerprint density at radius 3 is 2.38 bits per heavy atom. The largest absolute Gasteiger partial charge is 0.360 e. The molecule has 2 N–H and O–H groups in total. The molecule has 0 aliphatic carbocycles. The van der Waals surface area contributed by atoms with Gasteiger partial charge in [0.2, 0.25) is 0 Å². The van der Waals surface area contributed by atoms with Crippen molar-refractivity contribution in [2.75, 3.05) is 29.8 Å². The van der Waals surface area contributed by atoms with Crippen LogP contribution in [0.4, 0.5) is 11.5 Å². The molecule has 0 fully saturated rings. The minimum atomic E-state index is -3.81. The van der Waals surface area contributed by atoms with Crippen LogP contribution in [0.1, 0.15) is 17.3 Å². The fourth-order valence-electron chi connectivity index (χ4n) is 2.81. The number of hydrogen-bond acceptors (Lipinski definition) is 6. The number of benzene rings is 2. The Balaban J connectivity index is 1.93. The number of carbonyl (C=O) groups excluding carboxylic acids is 1. The van der Waals surface area contributed by atoms with Crippen molar-refractivity contribution in [3.8, 4) is 0 Å². The quantitative estimate of drug-likeness (QED) is 0.475. The number of fused-ring (bicyclic) bond motifs is 1. The van der Waals surface area contributed by atoms with Gasteiger partial charge in [-0.05, 0) is 61.5 Å². The molecule has 0 spiro atoms. The molecule has 0 bridgehead atoms. The lowest BCUT2D eigenvalue weighted by molar-refractivity contribution is 0.0706. The molecule has 152 valence electrons. The van der Waals surface area contributed by atoms with Gasteiger partial charge in [-0.1, -0.05) is 0 Å². The van der Waals surface area contributed by atoms with Gasteiger partial charge in [0.25, 0.3) is 15.9 Å². The third-order valence-electron chi connectivity index (χ3n) is 4.76. The third kappa shape index (κ3) is 4.01. The van der Waals surface area contributed by atoms with Crippen LogP contribution < -0.4 is 14.7 Å². The maximum absolute atomic E-state index is 13.1. The lowest BCUT2D eigenvalue weighted by Crippen LogP contribution is -2.26. The van der Waals surface area contributed by atoms with E-state index in [9.17, 15) is 13.2 Å². The van der Waals surface area contributed by atoms with Crippen LogP contribution in [0.5, 0.6) is 0 Å². The molecule has 3 aromatic rings. The highest BCUT2D eigenvalue weighted by atomic mass is 32.2. The fourth-order valence-corrected chi connectivity index (χ4v) is 4.04. The first-order chi connectivity index (χ1) is 13.8. The number of hydrogen-bond donors (Lipinski definition) is 2. The molecule has 0 aliphatic rings. The smallest absolute Gasteiger partial charge is 0.274 e. The zero-order chi connectivity index (χ0) is 21.2. The van der Waals surface area contributed by atoms with Crippen molar-refractivity contribution < 1.29 is 18.4 Å². The number of aromatic nitrogens is 1. The van der Waals surface area contributed by atoms with E-state index in [2.05, 4.69) is 4.98 Å². The number of carbonyl (C=O) groups is 1. The van der Waals surface area contributed by atoms with Crippen LogP contribution >= 0.6 is 0 Å². The predicted molar refractivity (Wildman–Crippen MR) is 112 cm³/mol. The van der Waals surface area contributed by atoms with Crippen LogP contribution in [0.15, 0.2) is 59.5 Å². The molecule has 3 rings (SSSR count). The molecule has 0 unspecified atom stereocenters. The number of nitrogens with one attached hydrogen (secondary N) is 1. The molecule has 0 radical (unpaired) electrons. The molecular formula is C20H22N4O4S. The van der Waals surface area contributed by atoms with Gasteiger partial charge in [-0.2, -0.15) is 0 Å². The van der Waals surface area contributed by atoms with E-state index in [4.69, 9.17) is 5.21 Å². The highest BCUT2D eigenvalue weighted by molar-refractivity contribution is 7.92. The molecule has 0 saturated carbocycles. The van der Waals surface area contributed by atoms with Crippen molar-refractivity contribution in [2.24, 2.45) is 0 Å². The second kappa shape index (κ2) is 8.06. The van der Waals surface area contributed by atoms with Gasteiger partial charge in [-0.25, -0.2) is 18.9 Å². The van der Waals surface area contributed by atoms with Gasteiger partial charge in [0.05, 0.1) is 16.1 Å². The second-order valence-electron chi connectivity index (χ2n) is 6.50. The summed E-state index contributed by atoms with van der Waals surface area (Å²) in [6, 6.07) is 14.4. The van der Waals surface area contributed by atoms with Gasteiger partial charge >= 0.3 is 0 Å². The van der Waals surface area contributed by atoms with E-state index in [0.29, 0.717) is 11.2 Å². The minimum Gasteiger partial charge on any atom is -0.360 e. The van der Waals surface area contributed by atoms with Crippen molar-refractivity contribution in [3.63, 3.8) is 0 Å². The summed E-state index contributed by atoms with van der Waals surface area (Å²) in [6.45, 7) is 2.84. The molecule has 1 amide bonds. The first-order valence-corrected chi connectivity index (χ1v) is 10.4. The van der Waals surface area contributed by atoms with Gasteiger partial charge < -0.3 is 4.90 Å². The van der Waals surface area contributed by atoms with Gasteiger partial charge in [0.15, 0.2) is 0 Å². The fraction of sp³-hybridized carbons (Fsp3) is 0.200. The minimum absolute atomic E-state index is 0.142. The summed E-state index contributed by atoms with van der Waals surface area (Å²) in [4.78, 5) is 18.1. The standard InChI is InChI=1S/C20H22N4O4S/c1-4-23(2)19-12-7-15-13-17(10-11-18(15)21-19)29(27,28)24(3)16-8-5-14(6-9-16)20(25)22-26/h5-13,26H,4H2,1-3H3,(H,22,25). The molecule has 8 nitrogen and oxygen atoms in total. The summed E-state index contributed by atoms with van der Waals surface area (Å²) in [7, 11) is -0.424. The van der Waals surface area contributed by atoms with Gasteiger partial charge in [-0.3, -0.25) is 14.3 Å². The molecule has 9 heteroatoms. The Morgan fingerprint density at radius 2 is 1.76 bits per heavy atom. The van der Waals surface area contributed by atoms with Crippen LogP contribution in [0.3, 0.4) is 0 Å². The maximum Gasteiger partial charge on any atom is 0.274 e. The van der Waals surface area contributed by atoms with E-state index >= 15 is 0 Å². The third-order valence-corrected chi connectivity index (χ3v) is 6.55. The average Bonchev–Trinajstić information content (AvgIpc) is 2.76. The summed E-state index contributed by atoms with van der Waals surface area (Å²) in [5, 5.41) is 9.40. The monoisotopic (exact) mass is 414 g/mol. The summed E-state index contributed by atoms with van der Waals surface area (Å²) in [6.07, 6.45) is 0. The summed E-state index contributed by atoms with van der Waals surface area (Å²) in [5.74, 6) is 0.150. The Hall–Kier alpha value is -3.17. The molecule has 29 heavy (non-hydrogen) atoms. The van der Waals surface area contributed by atoms with Crippen LogP contribution in [0.2, 0.25) is 0 Å². The highest BCUT2D eigenvalue weighted by Crippen LogP contribution is 2.26. The molecule has 0 aliphatic heterocycles. The SMILES string of the molecule is CCN(C)c1ccc2cc(S(=O)(=O)N(C)c3ccc(C(=O)NO)cc3)ccc2n1. The lowest BCUT2D eigenvalue weighted by atomic mass is 10.2. The van der Waals surface area contributed by atoms with Crippen molar-refractivity contribution in [2.45, 2.75) is 11.8 Å². The molecule has 1 heterocycles. The van der Waals surface area contributed by atoms with E-state index in [-0.39, 0.29) is 10.5 Å². The van der Waals surface area contributed by atoms with Crippen LogP contribution in [-0.4, -0.2) is 45.2 Å². The van der Waals surface area contributed by atoms with Crippen molar-refractivity contribution in [3.05, 3.63) is 60.2 Å². The number of amides is 1. The van der Waals surface area contributed by atoms with E-state index in [1.807, 2.05) is 31.0 Å². The van der Waals surface area contributed by atoms with E-state index in [1.54, 1.807) is 12.1 Å². The Labute approximate surface area is 169 Å². The van der Waals surface area contributed by atoms with Crippen LogP contribution in [0, 0.1) is 0 Å². The molecule has 0 saturated heterocycles. The molecule has 2 aromatic carbocycles. The molecule has 0 atom stereocenters. The predicted octanol–water partition coefficient (Wildman–Crippen LogP) is 2.64. The summed E-state index contributed by atoms with van der Waals surface area (Å²) in [5.41, 5.74) is 2.85. The number of rotatable bonds is 6. The molecular weight excluding hydrogens is 392 g/mol. The topological polar surface area (TPSA) is 103 Å². The van der Waals surface area contributed by atoms with Gasteiger partial charge in [0.1, 0.15) is 5.82 Å². The molecule has 1 aromatic heterocycles. The second-order valence-corrected chi connectivity index (χ2v) is 8.47. The first kappa shape index (κ1) is 20.6. The van der Waals surface area contributed by atoms with Gasteiger partial charge in [-0.15, -0.1) is 0 Å². The number of anilines is 2.